The van der Waals surface area contributed by atoms with Crippen LogP contribution in [0, 0.1) is 0 Å². The molecule has 160 valence electrons. The van der Waals surface area contributed by atoms with Crippen molar-refractivity contribution in [3.8, 4) is 0 Å². The predicted octanol–water partition coefficient (Wildman–Crippen LogP) is 7.34. The fourth-order valence-electron chi connectivity index (χ4n) is 3.49. The third-order valence-corrected chi connectivity index (χ3v) is 5.52. The molecular weight excluding hydrogens is 443 g/mol. The summed E-state index contributed by atoms with van der Waals surface area (Å²) in [6.45, 7) is -0.530. The van der Waals surface area contributed by atoms with Crippen molar-refractivity contribution in [2.45, 2.75) is 13.3 Å². The number of fused-ring (bicyclic) bond motifs is 1. The van der Waals surface area contributed by atoms with Crippen molar-refractivity contribution in [2.75, 3.05) is 0 Å². The van der Waals surface area contributed by atoms with Gasteiger partial charge in [0.05, 0.1) is 11.7 Å². The van der Waals surface area contributed by atoms with Gasteiger partial charge in [-0.2, -0.15) is 5.10 Å². The number of H-pyrrole nitrogens is 1. The molecule has 0 radical (unpaired) electrons. The molecular formula is C26H20Cl2N2O2. The Morgan fingerprint density at radius 3 is 2.62 bits per heavy atom. The van der Waals surface area contributed by atoms with Gasteiger partial charge in [-0.3, -0.25) is 5.10 Å². The summed E-state index contributed by atoms with van der Waals surface area (Å²) in [5, 5.41) is 17.4. The molecule has 0 aliphatic rings. The number of carboxylic acids is 1. The van der Waals surface area contributed by atoms with Crippen LogP contribution in [0.15, 0.2) is 72.9 Å². The Morgan fingerprint density at radius 1 is 1.12 bits per heavy atom. The monoisotopic (exact) mass is 465 g/mol. The Bertz CT molecular complexity index is 1460. The Labute approximate surface area is 200 Å². The molecule has 0 aliphatic carbocycles. The largest absolute Gasteiger partial charge is 0.478 e. The van der Waals surface area contributed by atoms with Crippen molar-refractivity contribution in [3.63, 3.8) is 0 Å². The van der Waals surface area contributed by atoms with Gasteiger partial charge in [0.1, 0.15) is 0 Å². The summed E-state index contributed by atoms with van der Waals surface area (Å²) in [6.07, 6.45) is 2.16. The molecule has 6 heteroatoms. The SMILES string of the molecule is [2H]CC([2H])([2H])C(=C(c1ccc(C=CC(=O)O)cc1)c1ccc2[nH]ncc2c1)c1ccc(Cl)cc1Cl. The average molecular weight is 466 g/mol. The van der Waals surface area contributed by atoms with Crippen molar-refractivity contribution in [1.29, 1.82) is 0 Å². The average Bonchev–Trinajstić information content (AvgIpc) is 3.30. The first kappa shape index (κ1) is 18.3. The van der Waals surface area contributed by atoms with Gasteiger partial charge in [0.2, 0.25) is 0 Å². The molecule has 0 unspecified atom stereocenters. The maximum Gasteiger partial charge on any atom is 0.328 e. The number of hydrogen-bond acceptors (Lipinski definition) is 2. The van der Waals surface area contributed by atoms with E-state index in [1.807, 2.05) is 18.2 Å². The van der Waals surface area contributed by atoms with Crippen molar-refractivity contribution in [2.24, 2.45) is 0 Å². The van der Waals surface area contributed by atoms with Crippen LogP contribution in [0.3, 0.4) is 0 Å². The second-order valence-corrected chi connectivity index (χ2v) is 7.86. The molecule has 0 spiro atoms. The third-order valence-electron chi connectivity index (χ3n) is 4.97. The Hall–Kier alpha value is -3.34. The maximum absolute atomic E-state index is 10.9. The van der Waals surface area contributed by atoms with Gasteiger partial charge in [0.25, 0.3) is 0 Å². The minimum Gasteiger partial charge on any atom is -0.478 e. The number of nitrogens with one attached hydrogen (secondary N) is 1. The number of aromatic nitrogens is 2. The van der Waals surface area contributed by atoms with Crippen LogP contribution in [0.2, 0.25) is 10.0 Å². The second-order valence-electron chi connectivity index (χ2n) is 7.02. The summed E-state index contributed by atoms with van der Waals surface area (Å²) in [4.78, 5) is 10.9. The lowest BCUT2D eigenvalue weighted by molar-refractivity contribution is -0.131. The zero-order chi connectivity index (χ0) is 25.2. The number of carboxylic acid groups (broad SMARTS) is 1. The second kappa shape index (κ2) is 9.43. The molecule has 1 aromatic heterocycles. The van der Waals surface area contributed by atoms with Crippen molar-refractivity contribution in [3.05, 3.63) is 105 Å². The van der Waals surface area contributed by atoms with E-state index in [4.69, 9.17) is 32.4 Å². The van der Waals surface area contributed by atoms with Gasteiger partial charge < -0.3 is 5.11 Å². The molecule has 0 atom stereocenters. The normalized spacial score (nSPS) is 14.1. The van der Waals surface area contributed by atoms with Crippen molar-refractivity contribution in [1.82, 2.24) is 10.2 Å². The van der Waals surface area contributed by atoms with Crippen LogP contribution in [0.25, 0.3) is 28.1 Å². The van der Waals surface area contributed by atoms with E-state index >= 15 is 0 Å². The number of benzene rings is 3. The van der Waals surface area contributed by atoms with Crippen molar-refractivity contribution >= 4 is 57.3 Å². The molecule has 3 aromatic carbocycles. The molecule has 0 aliphatic heterocycles. The first-order valence-electron chi connectivity index (χ1n) is 11.3. The van der Waals surface area contributed by atoms with E-state index in [0.29, 0.717) is 32.8 Å². The molecule has 2 N–H and O–H groups in total. The van der Waals surface area contributed by atoms with Crippen LogP contribution in [-0.4, -0.2) is 21.3 Å². The highest BCUT2D eigenvalue weighted by molar-refractivity contribution is 6.36. The molecule has 0 saturated carbocycles. The molecule has 1 heterocycles. The van der Waals surface area contributed by atoms with Gasteiger partial charge in [0.15, 0.2) is 0 Å². The Kier molecular flexibility index (Phi) is 5.38. The van der Waals surface area contributed by atoms with E-state index in [0.717, 1.165) is 17.0 Å². The summed E-state index contributed by atoms with van der Waals surface area (Å²) in [7, 11) is 0. The van der Waals surface area contributed by atoms with Crippen LogP contribution in [-0.2, 0) is 4.79 Å². The van der Waals surface area contributed by atoms with Crippen LogP contribution in [0.1, 0.15) is 39.6 Å². The number of allylic oxidation sites excluding steroid dienone is 1. The molecule has 0 fully saturated rings. The molecule has 0 bridgehead atoms. The summed E-state index contributed by atoms with van der Waals surface area (Å²) in [6, 6.07) is 17.6. The molecule has 32 heavy (non-hydrogen) atoms. The van der Waals surface area contributed by atoms with Crippen LogP contribution in [0.5, 0.6) is 0 Å². The first-order chi connectivity index (χ1) is 16.7. The number of hydrogen-bond donors (Lipinski definition) is 2. The van der Waals surface area contributed by atoms with Gasteiger partial charge in [0, 0.05) is 25.6 Å². The standard InChI is InChI=1S/C26H20Cl2N2O2/c1-2-21(22-10-9-20(27)14-23(22)28)26(18-8-11-24-19(13-18)15-29-30-24)17-6-3-16(4-7-17)5-12-25(31)32/h3-15H,2H2,1H3,(H,29,30)(H,31,32)/i1D,2D2. The highest BCUT2D eigenvalue weighted by Gasteiger charge is 2.16. The van der Waals surface area contributed by atoms with Crippen molar-refractivity contribution < 1.29 is 14.0 Å². The van der Waals surface area contributed by atoms with E-state index < -0.39 is 19.2 Å². The minimum absolute atomic E-state index is 0.255. The maximum atomic E-state index is 10.9. The van der Waals surface area contributed by atoms with E-state index in [9.17, 15) is 4.79 Å². The molecule has 0 saturated heterocycles. The summed E-state index contributed by atoms with van der Waals surface area (Å²) in [5.74, 6) is -1.05. The van der Waals surface area contributed by atoms with E-state index in [-0.39, 0.29) is 10.6 Å². The number of halogens is 2. The zero-order valence-electron chi connectivity index (χ0n) is 19.8. The fraction of sp³-hybridized carbons (Fsp3) is 0.0769. The number of aliphatic carboxylic acids is 1. The van der Waals surface area contributed by atoms with Crippen LogP contribution >= 0.6 is 23.2 Å². The Morgan fingerprint density at radius 2 is 1.91 bits per heavy atom. The Balaban J connectivity index is 2.04. The van der Waals surface area contributed by atoms with Gasteiger partial charge in [-0.05, 0) is 70.1 Å². The lowest BCUT2D eigenvalue weighted by atomic mass is 9.87. The van der Waals surface area contributed by atoms with Gasteiger partial charge in [-0.1, -0.05) is 66.5 Å². The highest BCUT2D eigenvalue weighted by Crippen LogP contribution is 2.38. The van der Waals surface area contributed by atoms with Crippen LogP contribution in [0.4, 0.5) is 0 Å². The van der Waals surface area contributed by atoms with Gasteiger partial charge >= 0.3 is 5.97 Å². The van der Waals surface area contributed by atoms with E-state index in [1.165, 1.54) is 6.08 Å². The summed E-state index contributed by atoms with van der Waals surface area (Å²) in [5.41, 5.74) is 4.15. The topological polar surface area (TPSA) is 66.0 Å². The van der Waals surface area contributed by atoms with E-state index in [2.05, 4.69) is 10.2 Å². The number of nitrogens with zero attached hydrogens (tertiary/aromatic N) is 1. The first-order valence-corrected chi connectivity index (χ1v) is 10.4. The predicted molar refractivity (Wildman–Crippen MR) is 132 cm³/mol. The lowest BCUT2D eigenvalue weighted by Crippen LogP contribution is -1.96. The summed E-state index contributed by atoms with van der Waals surface area (Å²) < 4.78 is 25.5. The number of carbonyl (C=O) groups is 1. The smallest absolute Gasteiger partial charge is 0.328 e. The fourth-order valence-corrected chi connectivity index (χ4v) is 4.00. The lowest BCUT2D eigenvalue weighted by Gasteiger charge is -2.18. The molecule has 0 amide bonds. The number of rotatable bonds is 6. The van der Waals surface area contributed by atoms with Crippen LogP contribution < -0.4 is 0 Å². The minimum atomic E-state index is -2.06. The molecule has 4 rings (SSSR count). The number of aromatic amines is 1. The quantitative estimate of drug-likeness (QED) is 0.231. The van der Waals surface area contributed by atoms with E-state index in [1.54, 1.807) is 48.7 Å². The van der Waals surface area contributed by atoms with Gasteiger partial charge in [-0.25, -0.2) is 4.79 Å². The summed E-state index contributed by atoms with van der Waals surface area (Å²) >= 11 is 12.7. The third kappa shape index (κ3) is 4.62. The van der Waals surface area contributed by atoms with Gasteiger partial charge in [-0.15, -0.1) is 0 Å². The molecule has 4 aromatic rings. The highest BCUT2D eigenvalue weighted by atomic mass is 35.5. The molecule has 4 nitrogen and oxygen atoms in total. The zero-order valence-corrected chi connectivity index (χ0v) is 18.3.